The normalized spacial score (nSPS) is 12.3. The van der Waals surface area contributed by atoms with Gasteiger partial charge in [0, 0.05) is 32.7 Å². The SMILES string of the molecule is [CH2-]CC([CH-]C)CCC.[Y]. The van der Waals surface area contributed by atoms with E-state index in [4.69, 9.17) is 0 Å². The third-order valence-electron chi connectivity index (χ3n) is 1.50. The topological polar surface area (TPSA) is 0 Å². The molecule has 0 aromatic rings. The molecule has 0 nitrogen and oxygen atoms in total. The molecule has 0 aromatic heterocycles. The zero-order valence-electron chi connectivity index (χ0n) is 6.56. The molecule has 0 bridgehead atoms. The van der Waals surface area contributed by atoms with E-state index in [9.17, 15) is 0 Å². The Kier molecular flexibility index (Phi) is 12.9. The zero-order valence-corrected chi connectivity index (χ0v) is 9.40. The van der Waals surface area contributed by atoms with Crippen molar-refractivity contribution in [1.29, 1.82) is 0 Å². The van der Waals surface area contributed by atoms with Gasteiger partial charge in [-0.1, -0.05) is 19.8 Å². The summed E-state index contributed by atoms with van der Waals surface area (Å²) in [5, 5.41) is 0. The van der Waals surface area contributed by atoms with Crippen molar-refractivity contribution in [3.63, 3.8) is 0 Å². The van der Waals surface area contributed by atoms with Gasteiger partial charge in [-0.25, -0.2) is 6.42 Å². The molecule has 1 unspecified atom stereocenters. The average Bonchev–Trinajstić information content (AvgIpc) is 1.83. The fourth-order valence-electron chi connectivity index (χ4n) is 0.848. The Labute approximate surface area is 84.7 Å². The largest absolute Gasteiger partial charge is 0.345 e. The summed E-state index contributed by atoms with van der Waals surface area (Å²) in [5.41, 5.74) is 0. The van der Waals surface area contributed by atoms with E-state index in [1.165, 1.54) is 12.8 Å². The minimum atomic E-state index is 0. The first-order chi connectivity index (χ1) is 3.85. The van der Waals surface area contributed by atoms with Gasteiger partial charge in [-0.05, 0) is 0 Å². The van der Waals surface area contributed by atoms with E-state index < -0.39 is 0 Å². The van der Waals surface area contributed by atoms with Crippen LogP contribution in [0.1, 0.15) is 33.1 Å². The number of rotatable bonds is 4. The first-order valence-corrected chi connectivity index (χ1v) is 3.43. The van der Waals surface area contributed by atoms with E-state index in [0.717, 1.165) is 12.3 Å². The van der Waals surface area contributed by atoms with Gasteiger partial charge < -0.3 is 13.3 Å². The van der Waals surface area contributed by atoms with Gasteiger partial charge in [-0.3, -0.25) is 0 Å². The van der Waals surface area contributed by atoms with Crippen LogP contribution in [-0.4, -0.2) is 0 Å². The van der Waals surface area contributed by atoms with Crippen molar-refractivity contribution in [3.8, 4) is 0 Å². The third-order valence-corrected chi connectivity index (χ3v) is 1.50. The Bertz CT molecular complexity index is 39.8. The summed E-state index contributed by atoms with van der Waals surface area (Å²) in [6.45, 7) is 8.18. The second-order valence-electron chi connectivity index (χ2n) is 2.17. The Morgan fingerprint density at radius 2 is 2.11 bits per heavy atom. The van der Waals surface area contributed by atoms with Gasteiger partial charge in [0.05, 0.1) is 0 Å². The summed E-state index contributed by atoms with van der Waals surface area (Å²) in [6.07, 6.45) is 5.89. The molecular weight excluding hydrogens is 185 g/mol. The van der Waals surface area contributed by atoms with E-state index in [-0.39, 0.29) is 32.7 Å². The van der Waals surface area contributed by atoms with Crippen LogP contribution >= 0.6 is 0 Å². The van der Waals surface area contributed by atoms with Crippen molar-refractivity contribution in [2.45, 2.75) is 33.1 Å². The first kappa shape index (κ1) is 12.8. The summed E-state index contributed by atoms with van der Waals surface area (Å²) in [7, 11) is 0. The molecular formula is C8H16Y-2. The molecule has 1 heteroatoms. The van der Waals surface area contributed by atoms with Crippen LogP contribution in [0.2, 0.25) is 0 Å². The summed E-state index contributed by atoms with van der Waals surface area (Å²) in [5.74, 6) is 0.764. The van der Waals surface area contributed by atoms with Crippen LogP contribution in [0.5, 0.6) is 0 Å². The molecule has 0 N–H and O–H groups in total. The number of hydrogen-bond donors (Lipinski definition) is 0. The van der Waals surface area contributed by atoms with Crippen LogP contribution in [0.4, 0.5) is 0 Å². The molecule has 0 aliphatic rings. The quantitative estimate of drug-likeness (QED) is 0.613. The smallest absolute Gasteiger partial charge is 0 e. The Hall–Kier alpha value is 1.10. The Morgan fingerprint density at radius 3 is 2.22 bits per heavy atom. The van der Waals surface area contributed by atoms with E-state index >= 15 is 0 Å². The molecule has 0 aliphatic heterocycles. The summed E-state index contributed by atoms with van der Waals surface area (Å²) < 4.78 is 0. The minimum Gasteiger partial charge on any atom is -0.345 e. The third kappa shape index (κ3) is 7.00. The van der Waals surface area contributed by atoms with Gasteiger partial charge in [0.1, 0.15) is 0 Å². The molecule has 0 aromatic carbocycles. The van der Waals surface area contributed by atoms with Crippen LogP contribution in [-0.2, 0) is 32.7 Å². The molecule has 0 saturated heterocycles. The summed E-state index contributed by atoms with van der Waals surface area (Å²) in [4.78, 5) is 0. The van der Waals surface area contributed by atoms with E-state index in [0.29, 0.717) is 0 Å². The predicted octanol–water partition coefficient (Wildman–Crippen LogP) is 2.85. The molecule has 0 heterocycles. The monoisotopic (exact) mass is 201 g/mol. The van der Waals surface area contributed by atoms with Crippen molar-refractivity contribution in [2.24, 2.45) is 5.92 Å². The fourth-order valence-corrected chi connectivity index (χ4v) is 0.848. The Balaban J connectivity index is 0. The van der Waals surface area contributed by atoms with Gasteiger partial charge >= 0.3 is 0 Å². The van der Waals surface area contributed by atoms with Gasteiger partial charge in [-0.15, -0.1) is 0 Å². The molecule has 0 rings (SSSR count). The average molecular weight is 201 g/mol. The van der Waals surface area contributed by atoms with Gasteiger partial charge in [0.15, 0.2) is 0 Å². The van der Waals surface area contributed by atoms with Gasteiger partial charge in [-0.2, -0.15) is 12.8 Å². The van der Waals surface area contributed by atoms with Crippen molar-refractivity contribution < 1.29 is 32.7 Å². The molecule has 0 spiro atoms. The molecule has 1 atom stereocenters. The van der Waals surface area contributed by atoms with Crippen molar-refractivity contribution in [3.05, 3.63) is 13.3 Å². The maximum absolute atomic E-state index is 3.84. The van der Waals surface area contributed by atoms with E-state index in [2.05, 4.69) is 27.2 Å². The van der Waals surface area contributed by atoms with Gasteiger partial charge in [0.2, 0.25) is 0 Å². The molecule has 0 aliphatic carbocycles. The summed E-state index contributed by atoms with van der Waals surface area (Å²) in [6, 6.07) is 0. The van der Waals surface area contributed by atoms with Crippen LogP contribution in [0.3, 0.4) is 0 Å². The Morgan fingerprint density at radius 1 is 1.56 bits per heavy atom. The van der Waals surface area contributed by atoms with Crippen LogP contribution in [0.25, 0.3) is 0 Å². The second kappa shape index (κ2) is 9.10. The minimum absolute atomic E-state index is 0. The van der Waals surface area contributed by atoms with Gasteiger partial charge in [0.25, 0.3) is 0 Å². The van der Waals surface area contributed by atoms with E-state index in [1.54, 1.807) is 0 Å². The molecule has 1 radical (unpaired) electrons. The van der Waals surface area contributed by atoms with Crippen molar-refractivity contribution in [1.82, 2.24) is 0 Å². The predicted molar refractivity (Wildman–Crippen MR) is 38.3 cm³/mol. The molecule has 53 valence electrons. The second-order valence-corrected chi connectivity index (χ2v) is 2.17. The maximum Gasteiger partial charge on any atom is 0 e. The van der Waals surface area contributed by atoms with Crippen LogP contribution in [0, 0.1) is 19.3 Å². The molecule has 0 saturated carbocycles. The molecule has 0 amide bonds. The standard InChI is InChI=1S/C8H16.Y/c1-4-7-8(5-2)6-3;/h6,8H,2,4-5,7H2,1,3H3;/q-2;. The maximum atomic E-state index is 3.84. The van der Waals surface area contributed by atoms with Crippen molar-refractivity contribution >= 4 is 0 Å². The van der Waals surface area contributed by atoms with Crippen molar-refractivity contribution in [2.75, 3.05) is 0 Å². The fraction of sp³-hybridized carbons (Fsp3) is 0.750. The van der Waals surface area contributed by atoms with Crippen LogP contribution in [0.15, 0.2) is 0 Å². The summed E-state index contributed by atoms with van der Waals surface area (Å²) >= 11 is 0. The number of hydrogen-bond acceptors (Lipinski definition) is 0. The zero-order chi connectivity index (χ0) is 6.41. The first-order valence-electron chi connectivity index (χ1n) is 3.43. The molecule has 0 fully saturated rings. The van der Waals surface area contributed by atoms with E-state index in [1.807, 2.05) is 0 Å². The van der Waals surface area contributed by atoms with Crippen LogP contribution < -0.4 is 0 Å². The molecule has 9 heavy (non-hydrogen) atoms.